The Morgan fingerprint density at radius 1 is 1.25 bits per heavy atom. The minimum Gasteiger partial charge on any atom is -0.460 e. The predicted molar refractivity (Wildman–Crippen MR) is 73.8 cm³/mol. The maximum Gasteiger partial charge on any atom is 0.488 e. The van der Waals surface area contributed by atoms with E-state index in [9.17, 15) is 13.2 Å². The number of ether oxygens (including phenoxy) is 1. The number of hydrogen-bond acceptors (Lipinski definition) is 4. The molecule has 1 aromatic carbocycles. The van der Waals surface area contributed by atoms with Crippen molar-refractivity contribution in [2.75, 3.05) is 12.9 Å². The zero-order valence-corrected chi connectivity index (χ0v) is 12.0. The van der Waals surface area contributed by atoms with Crippen molar-refractivity contribution in [3.05, 3.63) is 41.4 Å². The van der Waals surface area contributed by atoms with Gasteiger partial charge in [-0.05, 0) is 24.8 Å². The Hall–Kier alpha value is -1.98. The van der Waals surface area contributed by atoms with E-state index in [1.165, 1.54) is 0 Å². The van der Waals surface area contributed by atoms with Gasteiger partial charge in [0.15, 0.2) is 0 Å². The Bertz CT molecular complexity index is 605. The molecule has 0 aromatic heterocycles. The Kier molecular flexibility index (Phi) is 6.09. The van der Waals surface area contributed by atoms with Crippen LogP contribution in [0.2, 0.25) is 0 Å². The van der Waals surface area contributed by atoms with Crippen molar-refractivity contribution in [3.8, 4) is 0 Å². The average molecular weight is 296 g/mol. The van der Waals surface area contributed by atoms with Crippen molar-refractivity contribution in [1.29, 1.82) is 0 Å². The summed E-state index contributed by atoms with van der Waals surface area (Å²) in [6, 6.07) is 9.67. The first-order valence-electron chi connectivity index (χ1n) is 6.08. The van der Waals surface area contributed by atoms with Crippen LogP contribution in [0.1, 0.15) is 18.4 Å². The van der Waals surface area contributed by atoms with Crippen molar-refractivity contribution in [3.63, 3.8) is 0 Å². The molecule has 7 heteroatoms. The Balaban J connectivity index is 2.52. The SMILES string of the molecule is COC(=O)C(=[N+]=[N-])S(=O)(=O)CCCCc1ccccc1. The van der Waals surface area contributed by atoms with E-state index in [-0.39, 0.29) is 5.75 Å². The van der Waals surface area contributed by atoms with Gasteiger partial charge in [0.05, 0.1) is 12.9 Å². The normalized spacial score (nSPS) is 10.7. The number of hydrogen-bond donors (Lipinski definition) is 0. The molecule has 0 atom stereocenters. The molecule has 0 unspecified atom stereocenters. The van der Waals surface area contributed by atoms with Crippen LogP contribution in [0.25, 0.3) is 5.53 Å². The van der Waals surface area contributed by atoms with E-state index in [4.69, 9.17) is 5.53 Å². The molecule has 0 aliphatic carbocycles. The number of methoxy groups -OCH3 is 1. The highest BCUT2D eigenvalue weighted by Crippen LogP contribution is 2.07. The van der Waals surface area contributed by atoms with E-state index in [1.54, 1.807) is 0 Å². The lowest BCUT2D eigenvalue weighted by atomic mass is 10.1. The second-order valence-corrected chi connectivity index (χ2v) is 6.18. The van der Waals surface area contributed by atoms with Crippen LogP contribution in [0, 0.1) is 0 Å². The highest BCUT2D eigenvalue weighted by atomic mass is 32.2. The fraction of sp³-hybridized carbons (Fsp3) is 0.385. The first-order valence-corrected chi connectivity index (χ1v) is 7.73. The van der Waals surface area contributed by atoms with E-state index in [0.29, 0.717) is 12.8 Å². The molecule has 0 heterocycles. The number of rotatable bonds is 5. The third-order valence-corrected chi connectivity index (χ3v) is 4.38. The highest BCUT2D eigenvalue weighted by Gasteiger charge is 2.36. The van der Waals surface area contributed by atoms with Gasteiger partial charge in [0, 0.05) is 0 Å². The van der Waals surface area contributed by atoms with E-state index in [0.717, 1.165) is 19.1 Å². The lowest BCUT2D eigenvalue weighted by Gasteiger charge is -2.01. The maximum atomic E-state index is 11.8. The molecular weight excluding hydrogens is 280 g/mol. The molecule has 0 spiro atoms. The predicted octanol–water partition coefficient (Wildman–Crippen LogP) is 1.23. The molecule has 0 fully saturated rings. The molecule has 1 aromatic rings. The van der Waals surface area contributed by atoms with Gasteiger partial charge in [0.1, 0.15) is 0 Å². The van der Waals surface area contributed by atoms with Gasteiger partial charge in [-0.2, -0.15) is 0 Å². The zero-order valence-electron chi connectivity index (χ0n) is 11.2. The van der Waals surface area contributed by atoms with Crippen molar-refractivity contribution in [2.45, 2.75) is 19.3 Å². The largest absolute Gasteiger partial charge is 0.488 e. The molecule has 0 radical (unpaired) electrons. The van der Waals surface area contributed by atoms with Gasteiger partial charge < -0.3 is 10.3 Å². The molecular formula is C13H16N2O4S. The van der Waals surface area contributed by atoms with Gasteiger partial charge >= 0.3 is 11.0 Å². The van der Waals surface area contributed by atoms with Gasteiger partial charge in [0.2, 0.25) is 0 Å². The summed E-state index contributed by atoms with van der Waals surface area (Å²) in [6.07, 6.45) is 1.77. The molecule has 0 N–H and O–H groups in total. The van der Waals surface area contributed by atoms with Gasteiger partial charge in [-0.3, -0.25) is 0 Å². The molecule has 0 saturated carbocycles. The molecule has 0 saturated heterocycles. The Labute approximate surface area is 117 Å². The van der Waals surface area contributed by atoms with E-state index >= 15 is 0 Å². The third kappa shape index (κ3) is 4.60. The Morgan fingerprint density at radius 2 is 1.90 bits per heavy atom. The van der Waals surface area contributed by atoms with E-state index in [1.807, 2.05) is 30.3 Å². The molecule has 1 rings (SSSR count). The standard InChI is InChI=1S/C13H16N2O4S/c1-19-13(16)12(15-14)20(17,18)10-6-5-9-11-7-3-2-4-8-11/h2-4,7-8H,5-6,9-10H2,1H3. The maximum absolute atomic E-state index is 11.8. The molecule has 6 nitrogen and oxygen atoms in total. The van der Waals surface area contributed by atoms with Gasteiger partial charge in [-0.25, -0.2) is 13.2 Å². The second-order valence-electron chi connectivity index (χ2n) is 4.16. The fourth-order valence-electron chi connectivity index (χ4n) is 1.68. The number of carbonyl (C=O) groups is 1. The summed E-state index contributed by atoms with van der Waals surface area (Å²) >= 11 is 0. The molecule has 20 heavy (non-hydrogen) atoms. The van der Waals surface area contributed by atoms with Gasteiger partial charge in [-0.15, -0.1) is 4.79 Å². The van der Waals surface area contributed by atoms with Crippen LogP contribution in [0.5, 0.6) is 0 Å². The number of carbonyl (C=O) groups excluding carboxylic acids is 1. The molecule has 0 aliphatic rings. The number of nitrogens with zero attached hydrogens (tertiary/aromatic N) is 2. The van der Waals surface area contributed by atoms with Crippen LogP contribution in [0.15, 0.2) is 30.3 Å². The van der Waals surface area contributed by atoms with Crippen molar-refractivity contribution in [1.82, 2.24) is 0 Å². The van der Waals surface area contributed by atoms with Gasteiger partial charge in [-0.1, -0.05) is 30.3 Å². The van der Waals surface area contributed by atoms with Crippen LogP contribution in [-0.2, 0) is 25.8 Å². The van der Waals surface area contributed by atoms with E-state index in [2.05, 4.69) is 9.53 Å². The first-order chi connectivity index (χ1) is 9.51. The average Bonchev–Trinajstić information content (AvgIpc) is 2.45. The van der Waals surface area contributed by atoms with Gasteiger partial charge in [0.25, 0.3) is 9.84 Å². The quantitative estimate of drug-likeness (QED) is 0.204. The lowest BCUT2D eigenvalue weighted by Crippen LogP contribution is -2.28. The minimum absolute atomic E-state index is 0.256. The van der Waals surface area contributed by atoms with Crippen LogP contribution in [0.3, 0.4) is 0 Å². The molecule has 0 bridgehead atoms. The van der Waals surface area contributed by atoms with Crippen LogP contribution < -0.4 is 0 Å². The summed E-state index contributed by atoms with van der Waals surface area (Å²) in [7, 11) is -2.89. The Morgan fingerprint density at radius 3 is 2.45 bits per heavy atom. The summed E-state index contributed by atoms with van der Waals surface area (Å²) in [6.45, 7) is 0. The smallest absolute Gasteiger partial charge is 0.460 e. The summed E-state index contributed by atoms with van der Waals surface area (Å²) in [5, 5.41) is -0.945. The van der Waals surface area contributed by atoms with Crippen molar-refractivity contribution in [2.24, 2.45) is 0 Å². The number of esters is 1. The number of unbranched alkanes of at least 4 members (excludes halogenated alkanes) is 1. The minimum atomic E-state index is -3.91. The molecule has 0 aliphatic heterocycles. The molecule has 0 amide bonds. The van der Waals surface area contributed by atoms with Crippen LogP contribution >= 0.6 is 0 Å². The third-order valence-electron chi connectivity index (χ3n) is 2.72. The summed E-state index contributed by atoms with van der Waals surface area (Å²) in [5.41, 5.74) is 9.73. The van der Waals surface area contributed by atoms with Crippen molar-refractivity contribution < 1.29 is 22.7 Å². The second kappa shape index (κ2) is 7.57. The lowest BCUT2D eigenvalue weighted by molar-refractivity contribution is -0.136. The first kappa shape index (κ1) is 16.1. The topological polar surface area (TPSA) is 96.8 Å². The zero-order chi connectivity index (χ0) is 15.0. The summed E-state index contributed by atoms with van der Waals surface area (Å²) < 4.78 is 27.8. The number of sulfone groups is 1. The fourth-order valence-corrected chi connectivity index (χ4v) is 2.92. The monoisotopic (exact) mass is 296 g/mol. The van der Waals surface area contributed by atoms with Crippen LogP contribution in [-0.4, -0.2) is 37.1 Å². The molecule has 108 valence electrons. The summed E-state index contributed by atoms with van der Waals surface area (Å²) in [5.74, 6) is -1.41. The number of aryl methyl sites for hydroxylation is 1. The summed E-state index contributed by atoms with van der Waals surface area (Å²) in [4.78, 5) is 13.7. The highest BCUT2D eigenvalue weighted by molar-refractivity contribution is 8.07. The van der Waals surface area contributed by atoms with Crippen molar-refractivity contribution >= 4 is 20.9 Å². The van der Waals surface area contributed by atoms with Crippen LogP contribution in [0.4, 0.5) is 0 Å². The van der Waals surface area contributed by atoms with E-state index < -0.39 is 20.9 Å². The number of benzene rings is 1.